The molecule has 2 saturated heterocycles. The van der Waals surface area contributed by atoms with Gasteiger partial charge in [0.2, 0.25) is 0 Å². The van der Waals surface area contributed by atoms with Crippen LogP contribution in [0.3, 0.4) is 0 Å². The molecule has 0 radical (unpaired) electrons. The Morgan fingerprint density at radius 3 is 2.44 bits per heavy atom. The number of fused-ring (bicyclic) bond motifs is 2. The maximum atomic E-state index is 4.80. The molecule has 0 N–H and O–H groups in total. The van der Waals surface area contributed by atoms with E-state index in [0.717, 1.165) is 61.4 Å². The zero-order valence-corrected chi connectivity index (χ0v) is 16.0. The van der Waals surface area contributed by atoms with Crippen LogP contribution in [0.5, 0.6) is 0 Å². The first-order valence-corrected chi connectivity index (χ1v) is 9.63. The minimum Gasteiger partial charge on any atom is -0.356 e. The molecule has 2 fully saturated rings. The van der Waals surface area contributed by atoms with Crippen molar-refractivity contribution >= 4 is 17.3 Å². The molecule has 0 aromatic carbocycles. The van der Waals surface area contributed by atoms with Crippen LogP contribution in [0.15, 0.2) is 18.5 Å². The molecule has 27 heavy (non-hydrogen) atoms. The zero-order chi connectivity index (χ0) is 18.5. The third-order valence-corrected chi connectivity index (χ3v) is 6.05. The molecule has 3 aromatic rings. The lowest BCUT2D eigenvalue weighted by Crippen LogP contribution is -2.30. The summed E-state index contributed by atoms with van der Waals surface area (Å²) in [6.45, 7) is 10.4. The lowest BCUT2D eigenvalue weighted by molar-refractivity contribution is 0.533. The second kappa shape index (κ2) is 6.14. The molecule has 2 atom stereocenters. The molecule has 2 unspecified atom stereocenters. The van der Waals surface area contributed by atoms with E-state index in [0.29, 0.717) is 11.8 Å². The van der Waals surface area contributed by atoms with Gasteiger partial charge in [0.05, 0.1) is 0 Å². The van der Waals surface area contributed by atoms with Gasteiger partial charge in [-0.1, -0.05) is 6.92 Å². The topological polar surface area (TPSA) is 75.3 Å². The Morgan fingerprint density at radius 2 is 1.70 bits per heavy atom. The molecule has 2 aliphatic heterocycles. The van der Waals surface area contributed by atoms with Crippen LogP contribution in [-0.2, 0) is 6.42 Å². The average molecular weight is 364 g/mol. The molecular formula is C19H24N8. The molecule has 0 spiro atoms. The molecule has 8 nitrogen and oxygen atoms in total. The second-order valence-corrected chi connectivity index (χ2v) is 7.67. The molecule has 140 valence electrons. The van der Waals surface area contributed by atoms with Gasteiger partial charge in [0, 0.05) is 55.7 Å². The highest BCUT2D eigenvalue weighted by Crippen LogP contribution is 2.36. The van der Waals surface area contributed by atoms with E-state index in [-0.39, 0.29) is 0 Å². The maximum Gasteiger partial charge on any atom is 0.178 e. The summed E-state index contributed by atoms with van der Waals surface area (Å²) in [5, 5.41) is 13.2. The molecule has 3 aromatic heterocycles. The minimum absolute atomic E-state index is 0.642. The summed E-state index contributed by atoms with van der Waals surface area (Å²) in [4.78, 5) is 13.7. The predicted molar refractivity (Wildman–Crippen MR) is 103 cm³/mol. The first-order chi connectivity index (χ1) is 13.1. The number of aromatic nitrogens is 6. The van der Waals surface area contributed by atoms with Gasteiger partial charge >= 0.3 is 0 Å². The Morgan fingerprint density at radius 1 is 0.963 bits per heavy atom. The Labute approximate surface area is 158 Å². The minimum atomic E-state index is 0.642. The lowest BCUT2D eigenvalue weighted by atomic mass is 10.0. The fourth-order valence-corrected chi connectivity index (χ4v) is 4.41. The van der Waals surface area contributed by atoms with Crippen LogP contribution >= 0.6 is 0 Å². The van der Waals surface area contributed by atoms with E-state index in [4.69, 9.17) is 5.10 Å². The number of aryl methyl sites for hydroxylation is 2. The quantitative estimate of drug-likeness (QED) is 0.700. The van der Waals surface area contributed by atoms with E-state index in [1.54, 1.807) is 6.33 Å². The largest absolute Gasteiger partial charge is 0.356 e. The van der Waals surface area contributed by atoms with E-state index in [1.807, 2.05) is 10.6 Å². The molecule has 8 heteroatoms. The molecule has 5 heterocycles. The van der Waals surface area contributed by atoms with Gasteiger partial charge in [0.15, 0.2) is 11.5 Å². The molecule has 5 rings (SSSR count). The van der Waals surface area contributed by atoms with E-state index in [2.05, 4.69) is 56.8 Å². The van der Waals surface area contributed by atoms with Gasteiger partial charge in [0.25, 0.3) is 0 Å². The van der Waals surface area contributed by atoms with Gasteiger partial charge in [-0.15, -0.1) is 15.3 Å². The molecule has 0 amide bonds. The lowest BCUT2D eigenvalue weighted by Gasteiger charge is -2.24. The van der Waals surface area contributed by atoms with E-state index in [9.17, 15) is 0 Å². The van der Waals surface area contributed by atoms with Crippen molar-refractivity contribution in [3.05, 3.63) is 35.5 Å². The number of hydrogen-bond acceptors (Lipinski definition) is 7. The monoisotopic (exact) mass is 364 g/mol. The summed E-state index contributed by atoms with van der Waals surface area (Å²) in [7, 11) is 0. The van der Waals surface area contributed by atoms with Crippen LogP contribution in [0.25, 0.3) is 5.65 Å². The Hall–Kier alpha value is -2.77. The van der Waals surface area contributed by atoms with Crippen molar-refractivity contribution in [1.82, 2.24) is 29.8 Å². The number of anilines is 2. The molecule has 0 saturated carbocycles. The van der Waals surface area contributed by atoms with Crippen LogP contribution in [0, 0.1) is 25.7 Å². The number of rotatable bonds is 3. The average Bonchev–Trinajstić information content (AvgIpc) is 3.35. The van der Waals surface area contributed by atoms with Gasteiger partial charge in [-0.2, -0.15) is 4.52 Å². The standard InChI is InChI=1S/C19H24N8/c1-4-16-22-23-17-5-6-18(24-27(16)17)25-7-14-9-26(10-15(14)8-25)19-12(2)13(3)20-11-21-19/h5-6,11,14-15H,4,7-10H2,1-3H3. The van der Waals surface area contributed by atoms with Crippen LogP contribution in [0.2, 0.25) is 0 Å². The van der Waals surface area contributed by atoms with Crippen LogP contribution in [0.4, 0.5) is 11.6 Å². The van der Waals surface area contributed by atoms with Crippen molar-refractivity contribution in [2.24, 2.45) is 11.8 Å². The summed E-state index contributed by atoms with van der Waals surface area (Å²) in [6.07, 6.45) is 2.51. The highest BCUT2D eigenvalue weighted by atomic mass is 15.4. The summed E-state index contributed by atoms with van der Waals surface area (Å²) >= 11 is 0. The first-order valence-electron chi connectivity index (χ1n) is 9.63. The van der Waals surface area contributed by atoms with Crippen LogP contribution in [-0.4, -0.2) is 56.0 Å². The summed E-state index contributed by atoms with van der Waals surface area (Å²) < 4.78 is 1.88. The number of nitrogens with zero attached hydrogens (tertiary/aromatic N) is 8. The maximum absolute atomic E-state index is 4.80. The third-order valence-electron chi connectivity index (χ3n) is 6.05. The van der Waals surface area contributed by atoms with Crippen molar-refractivity contribution < 1.29 is 0 Å². The van der Waals surface area contributed by atoms with Crippen molar-refractivity contribution in [3.8, 4) is 0 Å². The highest BCUT2D eigenvalue weighted by Gasteiger charge is 2.41. The van der Waals surface area contributed by atoms with Gasteiger partial charge in [-0.3, -0.25) is 0 Å². The van der Waals surface area contributed by atoms with Gasteiger partial charge in [-0.25, -0.2) is 9.97 Å². The first kappa shape index (κ1) is 16.4. The molecule has 0 aliphatic carbocycles. The third kappa shape index (κ3) is 2.62. The Balaban J connectivity index is 1.34. The molecular weight excluding hydrogens is 340 g/mol. The van der Waals surface area contributed by atoms with Crippen LogP contribution in [0.1, 0.15) is 24.0 Å². The van der Waals surface area contributed by atoms with Crippen molar-refractivity contribution in [1.29, 1.82) is 0 Å². The SMILES string of the molecule is CCc1nnc2ccc(N3CC4CN(c5ncnc(C)c5C)CC4C3)nn12. The summed E-state index contributed by atoms with van der Waals surface area (Å²) in [6, 6.07) is 4.09. The van der Waals surface area contributed by atoms with Crippen molar-refractivity contribution in [3.63, 3.8) is 0 Å². The fraction of sp³-hybridized carbons (Fsp3) is 0.526. The fourth-order valence-electron chi connectivity index (χ4n) is 4.41. The predicted octanol–water partition coefficient (Wildman–Crippen LogP) is 1.67. The highest BCUT2D eigenvalue weighted by molar-refractivity contribution is 5.51. The molecule has 2 aliphatic rings. The Bertz CT molecular complexity index is 983. The summed E-state index contributed by atoms with van der Waals surface area (Å²) in [5.74, 6) is 4.31. The molecule has 0 bridgehead atoms. The van der Waals surface area contributed by atoms with Gasteiger partial charge in [-0.05, 0) is 26.0 Å². The number of hydrogen-bond donors (Lipinski definition) is 0. The van der Waals surface area contributed by atoms with Crippen molar-refractivity contribution in [2.75, 3.05) is 36.0 Å². The second-order valence-electron chi connectivity index (χ2n) is 7.67. The Kier molecular flexibility index (Phi) is 3.73. The van der Waals surface area contributed by atoms with Crippen molar-refractivity contribution in [2.45, 2.75) is 27.2 Å². The van der Waals surface area contributed by atoms with Gasteiger partial charge < -0.3 is 9.80 Å². The van der Waals surface area contributed by atoms with Gasteiger partial charge in [0.1, 0.15) is 18.0 Å². The van der Waals surface area contributed by atoms with E-state index >= 15 is 0 Å². The zero-order valence-electron chi connectivity index (χ0n) is 16.0. The smallest absolute Gasteiger partial charge is 0.178 e. The van der Waals surface area contributed by atoms with Crippen LogP contribution < -0.4 is 9.80 Å². The van der Waals surface area contributed by atoms with E-state index in [1.165, 1.54) is 5.56 Å². The van der Waals surface area contributed by atoms with E-state index < -0.39 is 0 Å². The normalized spacial score (nSPS) is 22.0. The summed E-state index contributed by atoms with van der Waals surface area (Å²) in [5.41, 5.74) is 3.08.